The van der Waals surface area contributed by atoms with Crippen LogP contribution in [-0.4, -0.2) is 49.4 Å². The molecule has 0 radical (unpaired) electrons. The van der Waals surface area contributed by atoms with Crippen molar-refractivity contribution in [1.29, 1.82) is 0 Å². The second kappa shape index (κ2) is 10.1. The van der Waals surface area contributed by atoms with E-state index in [1.807, 2.05) is 37.3 Å². The standard InChI is InChI=1S/C22H26N4O4/c1-2-14(11-27)21-24-10-17(12-28)20(26-21)16-8-18(23-9-16)22(30)25-19(13-29)15-6-4-3-5-7-15/h3-10,14,19,23,27-29H,2,11-13H2,1H3,(H,25,30)/t14?,19-/m1/s1. The molecule has 30 heavy (non-hydrogen) atoms. The number of nitrogens with one attached hydrogen (secondary N) is 2. The van der Waals surface area contributed by atoms with Crippen LogP contribution in [0.1, 0.15) is 52.7 Å². The van der Waals surface area contributed by atoms with Crippen molar-refractivity contribution in [2.45, 2.75) is 31.9 Å². The third-order valence-electron chi connectivity index (χ3n) is 5.02. The Morgan fingerprint density at radius 1 is 1.17 bits per heavy atom. The van der Waals surface area contributed by atoms with Crippen molar-refractivity contribution in [2.24, 2.45) is 0 Å². The van der Waals surface area contributed by atoms with Crippen molar-refractivity contribution in [3.8, 4) is 11.3 Å². The lowest BCUT2D eigenvalue weighted by Gasteiger charge is -2.16. The van der Waals surface area contributed by atoms with Crippen LogP contribution in [0.25, 0.3) is 11.3 Å². The molecule has 0 spiro atoms. The van der Waals surface area contributed by atoms with Gasteiger partial charge < -0.3 is 25.6 Å². The normalized spacial score (nSPS) is 13.1. The molecule has 158 valence electrons. The Morgan fingerprint density at radius 3 is 2.57 bits per heavy atom. The van der Waals surface area contributed by atoms with Gasteiger partial charge in [0.25, 0.3) is 5.91 Å². The van der Waals surface area contributed by atoms with Crippen LogP contribution < -0.4 is 5.32 Å². The summed E-state index contributed by atoms with van der Waals surface area (Å²) in [5.41, 5.74) is 2.76. The molecule has 3 rings (SSSR count). The third kappa shape index (κ3) is 4.73. The van der Waals surface area contributed by atoms with Gasteiger partial charge >= 0.3 is 0 Å². The van der Waals surface area contributed by atoms with Gasteiger partial charge in [0.2, 0.25) is 0 Å². The number of carbonyl (C=O) groups is 1. The van der Waals surface area contributed by atoms with Crippen LogP contribution >= 0.6 is 0 Å². The quantitative estimate of drug-likeness (QED) is 0.366. The van der Waals surface area contributed by atoms with E-state index in [4.69, 9.17) is 0 Å². The molecule has 8 heteroatoms. The fourth-order valence-electron chi connectivity index (χ4n) is 3.19. The van der Waals surface area contributed by atoms with Crippen LogP contribution in [0.5, 0.6) is 0 Å². The Hall–Kier alpha value is -3.07. The maximum Gasteiger partial charge on any atom is 0.268 e. The van der Waals surface area contributed by atoms with Gasteiger partial charge in [-0.25, -0.2) is 9.97 Å². The molecule has 1 unspecified atom stereocenters. The van der Waals surface area contributed by atoms with Crippen LogP contribution in [0, 0.1) is 0 Å². The van der Waals surface area contributed by atoms with E-state index >= 15 is 0 Å². The van der Waals surface area contributed by atoms with Gasteiger partial charge in [-0.3, -0.25) is 4.79 Å². The summed E-state index contributed by atoms with van der Waals surface area (Å²) >= 11 is 0. The van der Waals surface area contributed by atoms with Crippen molar-refractivity contribution in [3.63, 3.8) is 0 Å². The number of hydrogen-bond acceptors (Lipinski definition) is 6. The monoisotopic (exact) mass is 410 g/mol. The molecule has 1 amide bonds. The highest BCUT2D eigenvalue weighted by Crippen LogP contribution is 2.25. The van der Waals surface area contributed by atoms with E-state index in [9.17, 15) is 20.1 Å². The summed E-state index contributed by atoms with van der Waals surface area (Å²) in [7, 11) is 0. The molecule has 2 atom stereocenters. The average Bonchev–Trinajstić information content (AvgIpc) is 3.29. The highest BCUT2D eigenvalue weighted by atomic mass is 16.3. The minimum atomic E-state index is -0.529. The largest absolute Gasteiger partial charge is 0.396 e. The van der Waals surface area contributed by atoms with E-state index in [0.29, 0.717) is 34.8 Å². The fraction of sp³-hybridized carbons (Fsp3) is 0.318. The predicted molar refractivity (Wildman–Crippen MR) is 112 cm³/mol. The number of benzene rings is 1. The molecule has 0 aliphatic rings. The lowest BCUT2D eigenvalue weighted by Crippen LogP contribution is -2.30. The average molecular weight is 410 g/mol. The maximum atomic E-state index is 12.7. The molecule has 0 fully saturated rings. The van der Waals surface area contributed by atoms with Crippen LogP contribution in [0.3, 0.4) is 0 Å². The maximum absolute atomic E-state index is 12.7. The minimum absolute atomic E-state index is 0.0722. The summed E-state index contributed by atoms with van der Waals surface area (Å²) < 4.78 is 0. The van der Waals surface area contributed by atoms with Crippen LogP contribution in [0.2, 0.25) is 0 Å². The summed E-state index contributed by atoms with van der Waals surface area (Å²) in [5.74, 6) is -0.0796. The summed E-state index contributed by atoms with van der Waals surface area (Å²) in [6.45, 7) is 1.38. The van der Waals surface area contributed by atoms with E-state index in [1.54, 1.807) is 18.5 Å². The second-order valence-electron chi connectivity index (χ2n) is 6.97. The topological polar surface area (TPSA) is 131 Å². The number of aromatic amines is 1. The van der Waals surface area contributed by atoms with Gasteiger partial charge in [-0.05, 0) is 18.1 Å². The molecule has 3 aromatic rings. The number of aliphatic hydroxyl groups excluding tert-OH is 3. The molecule has 0 aliphatic heterocycles. The molecular weight excluding hydrogens is 384 g/mol. The zero-order valence-corrected chi connectivity index (χ0v) is 16.7. The van der Waals surface area contributed by atoms with Gasteiger partial charge in [-0.15, -0.1) is 0 Å². The van der Waals surface area contributed by atoms with Crippen molar-refractivity contribution in [3.05, 3.63) is 71.4 Å². The number of rotatable bonds is 9. The second-order valence-corrected chi connectivity index (χ2v) is 6.97. The molecular formula is C22H26N4O4. The first-order valence-electron chi connectivity index (χ1n) is 9.84. The predicted octanol–water partition coefficient (Wildman–Crippen LogP) is 1.91. The van der Waals surface area contributed by atoms with E-state index in [2.05, 4.69) is 20.3 Å². The highest BCUT2D eigenvalue weighted by Gasteiger charge is 2.19. The number of aliphatic hydroxyl groups is 3. The molecule has 8 nitrogen and oxygen atoms in total. The van der Waals surface area contributed by atoms with Crippen molar-refractivity contribution >= 4 is 5.91 Å². The fourth-order valence-corrected chi connectivity index (χ4v) is 3.19. The number of hydrogen-bond donors (Lipinski definition) is 5. The molecule has 5 N–H and O–H groups in total. The van der Waals surface area contributed by atoms with Gasteiger partial charge in [0.15, 0.2) is 0 Å². The molecule has 0 bridgehead atoms. The van der Waals surface area contributed by atoms with Gasteiger partial charge in [0.05, 0.1) is 31.6 Å². The molecule has 1 aromatic carbocycles. The number of amides is 1. The summed E-state index contributed by atoms with van der Waals surface area (Å²) in [6, 6.07) is 10.3. The highest BCUT2D eigenvalue weighted by molar-refractivity contribution is 5.94. The molecule has 0 saturated carbocycles. The van der Waals surface area contributed by atoms with E-state index in [0.717, 1.165) is 5.56 Å². The number of carbonyl (C=O) groups excluding carboxylic acids is 1. The van der Waals surface area contributed by atoms with E-state index in [-0.39, 0.29) is 31.6 Å². The van der Waals surface area contributed by atoms with Crippen molar-refractivity contribution in [2.75, 3.05) is 13.2 Å². The zero-order chi connectivity index (χ0) is 21.5. The SMILES string of the molecule is CCC(CO)c1ncc(CO)c(-c2c[nH]c(C(=O)N[C@H](CO)c3ccccc3)c2)n1. The molecule has 2 aromatic heterocycles. The Kier molecular flexibility index (Phi) is 7.29. The molecule has 0 aliphatic carbocycles. The Balaban J connectivity index is 1.85. The van der Waals surface area contributed by atoms with Gasteiger partial charge in [0, 0.05) is 29.4 Å². The van der Waals surface area contributed by atoms with E-state index in [1.165, 1.54) is 0 Å². The number of aromatic nitrogens is 3. The lowest BCUT2D eigenvalue weighted by atomic mass is 10.1. The lowest BCUT2D eigenvalue weighted by molar-refractivity contribution is 0.0911. The first-order valence-corrected chi connectivity index (χ1v) is 9.84. The van der Waals surface area contributed by atoms with Crippen LogP contribution in [0.4, 0.5) is 0 Å². The minimum Gasteiger partial charge on any atom is -0.396 e. The zero-order valence-electron chi connectivity index (χ0n) is 16.7. The first kappa shape index (κ1) is 21.6. The Bertz CT molecular complexity index is 970. The summed E-state index contributed by atoms with van der Waals surface area (Å²) in [6.07, 6.45) is 3.85. The summed E-state index contributed by atoms with van der Waals surface area (Å²) in [4.78, 5) is 24.4. The van der Waals surface area contributed by atoms with Crippen molar-refractivity contribution in [1.82, 2.24) is 20.3 Å². The van der Waals surface area contributed by atoms with Crippen LogP contribution in [0.15, 0.2) is 48.8 Å². The first-order chi connectivity index (χ1) is 14.6. The van der Waals surface area contributed by atoms with Gasteiger partial charge in [0.1, 0.15) is 11.5 Å². The van der Waals surface area contributed by atoms with E-state index < -0.39 is 6.04 Å². The van der Waals surface area contributed by atoms with Crippen LogP contribution in [-0.2, 0) is 6.61 Å². The molecule has 2 heterocycles. The number of nitrogens with zero attached hydrogens (tertiary/aromatic N) is 2. The van der Waals surface area contributed by atoms with Crippen molar-refractivity contribution < 1.29 is 20.1 Å². The smallest absolute Gasteiger partial charge is 0.268 e. The Labute approximate surface area is 174 Å². The molecule has 0 saturated heterocycles. The Morgan fingerprint density at radius 2 is 1.93 bits per heavy atom. The third-order valence-corrected chi connectivity index (χ3v) is 5.02. The van der Waals surface area contributed by atoms with Gasteiger partial charge in [-0.1, -0.05) is 37.3 Å². The van der Waals surface area contributed by atoms with Gasteiger partial charge in [-0.2, -0.15) is 0 Å². The number of H-pyrrole nitrogens is 1. The summed E-state index contributed by atoms with van der Waals surface area (Å²) in [5, 5.41) is 31.7.